The minimum Gasteiger partial charge on any atom is -0.308 e. The summed E-state index contributed by atoms with van der Waals surface area (Å²) in [4.78, 5) is 27.4. The Bertz CT molecular complexity index is 1000. The lowest BCUT2D eigenvalue weighted by Gasteiger charge is -2.29. The van der Waals surface area contributed by atoms with Crippen molar-refractivity contribution in [2.24, 2.45) is 0 Å². The Morgan fingerprint density at radius 2 is 1.75 bits per heavy atom. The van der Waals surface area contributed by atoms with Crippen molar-refractivity contribution in [2.75, 3.05) is 22.1 Å². The van der Waals surface area contributed by atoms with Crippen LogP contribution in [0.5, 0.6) is 0 Å². The number of anilines is 3. The largest absolute Gasteiger partial charge is 0.323 e. The standard InChI is InChI=1S/C21H18FN3O2S/c22-15-5-7-16(8-6-15)23-21(27)24-17-9-10-18-14(13-17)3-1-11-25(18)20(26)19-4-2-12-28-19/h2,4-10,12-13H,1,3,11H2,(H2,23,24,27). The molecule has 2 heterocycles. The SMILES string of the molecule is O=C(Nc1ccc(F)cc1)Nc1ccc2c(c1)CCCN2C(=O)c1cccs1. The molecule has 0 saturated carbocycles. The Kier molecular flexibility index (Phi) is 5.08. The van der Waals surface area contributed by atoms with E-state index < -0.39 is 6.03 Å². The van der Waals surface area contributed by atoms with Gasteiger partial charge in [-0.15, -0.1) is 11.3 Å². The van der Waals surface area contributed by atoms with Gasteiger partial charge in [0, 0.05) is 23.6 Å². The van der Waals surface area contributed by atoms with Crippen LogP contribution in [0.1, 0.15) is 21.7 Å². The highest BCUT2D eigenvalue weighted by atomic mass is 32.1. The number of urea groups is 1. The smallest absolute Gasteiger partial charge is 0.308 e. The summed E-state index contributed by atoms with van der Waals surface area (Å²) < 4.78 is 13.0. The van der Waals surface area contributed by atoms with E-state index in [0.717, 1.165) is 24.1 Å². The molecule has 0 spiro atoms. The summed E-state index contributed by atoms with van der Waals surface area (Å²) in [6, 6.07) is 14.4. The normalized spacial score (nSPS) is 13.0. The number of amides is 3. The summed E-state index contributed by atoms with van der Waals surface area (Å²) >= 11 is 1.43. The second-order valence-corrected chi connectivity index (χ2v) is 7.41. The molecule has 0 saturated heterocycles. The van der Waals surface area contributed by atoms with Crippen molar-refractivity contribution in [1.82, 2.24) is 0 Å². The molecule has 142 valence electrons. The molecule has 1 aromatic heterocycles. The monoisotopic (exact) mass is 395 g/mol. The first-order chi connectivity index (χ1) is 13.6. The van der Waals surface area contributed by atoms with Gasteiger partial charge in [0.1, 0.15) is 5.82 Å². The van der Waals surface area contributed by atoms with Crippen LogP contribution in [0.15, 0.2) is 60.0 Å². The molecule has 1 aliphatic heterocycles. The molecule has 28 heavy (non-hydrogen) atoms. The maximum atomic E-state index is 13.0. The Morgan fingerprint density at radius 1 is 1.00 bits per heavy atom. The number of nitrogens with zero attached hydrogens (tertiary/aromatic N) is 1. The highest BCUT2D eigenvalue weighted by Crippen LogP contribution is 2.31. The van der Waals surface area contributed by atoms with Crippen LogP contribution in [0.3, 0.4) is 0 Å². The molecule has 2 N–H and O–H groups in total. The molecule has 0 unspecified atom stereocenters. The molecule has 5 nitrogen and oxygen atoms in total. The Labute approximate surface area is 165 Å². The fraction of sp³-hybridized carbons (Fsp3) is 0.143. The van der Waals surface area contributed by atoms with Crippen molar-refractivity contribution >= 4 is 40.3 Å². The molecule has 0 radical (unpaired) electrons. The number of benzene rings is 2. The van der Waals surface area contributed by atoms with Gasteiger partial charge in [-0.25, -0.2) is 9.18 Å². The van der Waals surface area contributed by atoms with E-state index in [1.54, 1.807) is 11.0 Å². The first kappa shape index (κ1) is 18.2. The quantitative estimate of drug-likeness (QED) is 0.646. The van der Waals surface area contributed by atoms with Crippen molar-refractivity contribution in [3.05, 3.63) is 76.2 Å². The third kappa shape index (κ3) is 3.89. The fourth-order valence-corrected chi connectivity index (χ4v) is 3.92. The highest BCUT2D eigenvalue weighted by molar-refractivity contribution is 7.12. The number of carbonyl (C=O) groups is 2. The van der Waals surface area contributed by atoms with Crippen molar-refractivity contribution in [2.45, 2.75) is 12.8 Å². The first-order valence-electron chi connectivity index (χ1n) is 8.92. The summed E-state index contributed by atoms with van der Waals surface area (Å²) in [5, 5.41) is 7.34. The summed E-state index contributed by atoms with van der Waals surface area (Å²) in [6.07, 6.45) is 1.72. The molecule has 0 fully saturated rings. The second kappa shape index (κ2) is 7.82. The maximum absolute atomic E-state index is 13.0. The number of hydrogen-bond acceptors (Lipinski definition) is 3. The second-order valence-electron chi connectivity index (χ2n) is 6.47. The lowest BCUT2D eigenvalue weighted by atomic mass is 10.0. The van der Waals surface area contributed by atoms with Crippen LogP contribution in [0.25, 0.3) is 0 Å². The van der Waals surface area contributed by atoms with E-state index in [4.69, 9.17) is 0 Å². The van der Waals surface area contributed by atoms with Gasteiger partial charge in [0.05, 0.1) is 4.88 Å². The van der Waals surface area contributed by atoms with Gasteiger partial charge in [-0.05, 0) is 72.3 Å². The zero-order valence-electron chi connectivity index (χ0n) is 14.9. The van der Waals surface area contributed by atoms with Gasteiger partial charge < -0.3 is 15.5 Å². The predicted molar refractivity (Wildman–Crippen MR) is 110 cm³/mol. The van der Waals surface area contributed by atoms with E-state index in [2.05, 4.69) is 10.6 Å². The predicted octanol–water partition coefficient (Wildman–Crippen LogP) is 5.12. The van der Waals surface area contributed by atoms with Crippen LogP contribution in [0, 0.1) is 5.82 Å². The van der Waals surface area contributed by atoms with E-state index in [0.29, 0.717) is 22.8 Å². The van der Waals surface area contributed by atoms with E-state index >= 15 is 0 Å². The van der Waals surface area contributed by atoms with Crippen LogP contribution in [-0.4, -0.2) is 18.5 Å². The van der Waals surface area contributed by atoms with Crippen molar-refractivity contribution in [3.63, 3.8) is 0 Å². The number of fused-ring (bicyclic) bond motifs is 1. The molecular formula is C21H18FN3O2S. The van der Waals surface area contributed by atoms with Gasteiger partial charge in [0.2, 0.25) is 0 Å². The summed E-state index contributed by atoms with van der Waals surface area (Å²) in [7, 11) is 0. The average molecular weight is 395 g/mol. The number of halogens is 1. The molecule has 0 atom stereocenters. The van der Waals surface area contributed by atoms with Gasteiger partial charge in [-0.3, -0.25) is 4.79 Å². The lowest BCUT2D eigenvalue weighted by molar-refractivity contribution is 0.0989. The average Bonchev–Trinajstić information content (AvgIpc) is 3.23. The van der Waals surface area contributed by atoms with E-state index in [1.165, 1.54) is 35.6 Å². The van der Waals surface area contributed by atoms with Crippen LogP contribution < -0.4 is 15.5 Å². The number of hydrogen-bond donors (Lipinski definition) is 2. The minimum absolute atomic E-state index is 0.00529. The highest BCUT2D eigenvalue weighted by Gasteiger charge is 2.24. The fourth-order valence-electron chi connectivity index (χ4n) is 3.25. The van der Waals surface area contributed by atoms with Crippen LogP contribution in [0.2, 0.25) is 0 Å². The number of carbonyl (C=O) groups excluding carboxylic acids is 2. The molecule has 2 aromatic carbocycles. The van der Waals surface area contributed by atoms with Gasteiger partial charge in [-0.1, -0.05) is 6.07 Å². The topological polar surface area (TPSA) is 61.4 Å². The Balaban J connectivity index is 1.48. The van der Waals surface area contributed by atoms with Gasteiger partial charge in [0.25, 0.3) is 5.91 Å². The first-order valence-corrected chi connectivity index (χ1v) is 9.80. The number of thiophene rings is 1. The van der Waals surface area contributed by atoms with Gasteiger partial charge in [-0.2, -0.15) is 0 Å². The van der Waals surface area contributed by atoms with E-state index in [9.17, 15) is 14.0 Å². The van der Waals surface area contributed by atoms with Crippen molar-refractivity contribution in [1.29, 1.82) is 0 Å². The van der Waals surface area contributed by atoms with Crippen molar-refractivity contribution in [3.8, 4) is 0 Å². The van der Waals surface area contributed by atoms with Gasteiger partial charge in [0.15, 0.2) is 0 Å². The molecule has 0 aliphatic carbocycles. The Hall–Kier alpha value is -3.19. The minimum atomic E-state index is -0.408. The summed E-state index contributed by atoms with van der Waals surface area (Å²) in [5.74, 6) is -0.354. The van der Waals surface area contributed by atoms with Crippen LogP contribution in [-0.2, 0) is 6.42 Å². The van der Waals surface area contributed by atoms with E-state index in [-0.39, 0.29) is 11.7 Å². The third-order valence-corrected chi connectivity index (χ3v) is 5.39. The summed E-state index contributed by atoms with van der Waals surface area (Å²) in [5.41, 5.74) is 3.05. The molecule has 3 amide bonds. The zero-order valence-corrected chi connectivity index (χ0v) is 15.8. The molecule has 3 aromatic rings. The Morgan fingerprint density at radius 3 is 2.50 bits per heavy atom. The third-order valence-electron chi connectivity index (χ3n) is 4.54. The number of rotatable bonds is 3. The van der Waals surface area contributed by atoms with Crippen LogP contribution >= 0.6 is 11.3 Å². The molecule has 7 heteroatoms. The van der Waals surface area contributed by atoms with Crippen LogP contribution in [0.4, 0.5) is 26.2 Å². The zero-order chi connectivity index (χ0) is 19.5. The maximum Gasteiger partial charge on any atom is 0.323 e. The molecule has 0 bridgehead atoms. The number of nitrogens with one attached hydrogen (secondary N) is 2. The lowest BCUT2D eigenvalue weighted by Crippen LogP contribution is -2.35. The van der Waals surface area contributed by atoms with Gasteiger partial charge >= 0.3 is 6.03 Å². The summed E-state index contributed by atoms with van der Waals surface area (Å²) in [6.45, 7) is 0.682. The molecule has 1 aliphatic rings. The number of aryl methyl sites for hydroxylation is 1. The van der Waals surface area contributed by atoms with E-state index in [1.807, 2.05) is 29.6 Å². The molecular weight excluding hydrogens is 377 g/mol. The molecule has 4 rings (SSSR count). The van der Waals surface area contributed by atoms with Crippen molar-refractivity contribution < 1.29 is 14.0 Å².